The number of rotatable bonds is 5. The zero-order valence-electron chi connectivity index (χ0n) is 15.5. The molecular weight excluding hydrogens is 442 g/mol. The summed E-state index contributed by atoms with van der Waals surface area (Å²) in [6.07, 6.45) is -8.52. The second kappa shape index (κ2) is 9.01. The third kappa shape index (κ3) is 6.00. The number of pyridine rings is 1. The molecule has 0 bridgehead atoms. The van der Waals surface area contributed by atoms with Crippen LogP contribution in [-0.4, -0.2) is 10.9 Å². The quantitative estimate of drug-likeness (QED) is 0.348. The smallest absolute Gasteiger partial charge is 0.325 e. The van der Waals surface area contributed by atoms with E-state index in [2.05, 4.69) is 10.3 Å². The van der Waals surface area contributed by atoms with E-state index < -0.39 is 40.3 Å². The molecule has 1 N–H and O–H groups in total. The molecule has 2 aromatic carbocycles. The van der Waals surface area contributed by atoms with E-state index in [1.54, 1.807) is 48.5 Å². The van der Waals surface area contributed by atoms with Crippen LogP contribution in [0.1, 0.15) is 21.9 Å². The van der Waals surface area contributed by atoms with Gasteiger partial charge in [0, 0.05) is 11.9 Å². The van der Waals surface area contributed by atoms with Gasteiger partial charge in [-0.05, 0) is 35.9 Å². The molecule has 1 unspecified atom stereocenters. The van der Waals surface area contributed by atoms with Crippen LogP contribution in [0.4, 0.5) is 32.0 Å². The fourth-order valence-corrected chi connectivity index (χ4v) is 3.65. The summed E-state index contributed by atoms with van der Waals surface area (Å²) in [6.45, 7) is 0. The summed E-state index contributed by atoms with van der Waals surface area (Å²) >= 11 is 1.02. The zero-order valence-corrected chi connectivity index (χ0v) is 16.4. The van der Waals surface area contributed by atoms with Gasteiger partial charge in [-0.3, -0.25) is 4.79 Å². The summed E-state index contributed by atoms with van der Waals surface area (Å²) in [5.41, 5.74) is -3.11. The molecule has 10 heteroatoms. The minimum Gasteiger partial charge on any atom is -0.325 e. The van der Waals surface area contributed by atoms with Crippen molar-refractivity contribution in [1.29, 1.82) is 0 Å². The molecule has 1 amide bonds. The van der Waals surface area contributed by atoms with Crippen LogP contribution in [0, 0.1) is 0 Å². The van der Waals surface area contributed by atoms with Gasteiger partial charge in [-0.25, -0.2) is 4.98 Å². The molecule has 0 fully saturated rings. The lowest BCUT2D eigenvalue weighted by Crippen LogP contribution is -2.20. The number of alkyl halides is 6. The van der Waals surface area contributed by atoms with Crippen LogP contribution >= 0.6 is 11.8 Å². The molecule has 0 aliphatic rings. The lowest BCUT2D eigenvalue weighted by atomic mass is 10.1. The van der Waals surface area contributed by atoms with E-state index in [1.807, 2.05) is 0 Å². The van der Waals surface area contributed by atoms with E-state index in [-0.39, 0.29) is 6.07 Å². The highest BCUT2D eigenvalue weighted by Crippen LogP contribution is 2.39. The van der Waals surface area contributed by atoms with E-state index in [1.165, 1.54) is 6.20 Å². The first-order valence-corrected chi connectivity index (χ1v) is 9.65. The van der Waals surface area contributed by atoms with Crippen molar-refractivity contribution in [3.05, 3.63) is 89.6 Å². The van der Waals surface area contributed by atoms with Crippen LogP contribution in [-0.2, 0) is 17.1 Å². The number of nitrogens with zero attached hydrogens (tertiary/aromatic N) is 1. The normalized spacial score (nSPS) is 13.0. The average Bonchev–Trinajstić information content (AvgIpc) is 2.72. The summed E-state index contributed by atoms with van der Waals surface area (Å²) in [6, 6.07) is 14.3. The number of amides is 1. The van der Waals surface area contributed by atoms with E-state index in [4.69, 9.17) is 0 Å². The van der Waals surface area contributed by atoms with Gasteiger partial charge in [-0.15, -0.1) is 0 Å². The topological polar surface area (TPSA) is 42.0 Å². The molecule has 3 rings (SSSR count). The van der Waals surface area contributed by atoms with Gasteiger partial charge in [0.05, 0.1) is 16.2 Å². The number of hydrogen-bond acceptors (Lipinski definition) is 3. The molecule has 0 saturated carbocycles. The number of benzene rings is 2. The Hall–Kier alpha value is -3.01. The largest absolute Gasteiger partial charge is 0.416 e. The first-order chi connectivity index (χ1) is 14.5. The van der Waals surface area contributed by atoms with Crippen molar-refractivity contribution < 1.29 is 31.1 Å². The van der Waals surface area contributed by atoms with Crippen molar-refractivity contribution in [3.63, 3.8) is 0 Å². The van der Waals surface area contributed by atoms with Crippen LogP contribution < -0.4 is 5.32 Å². The number of carbonyl (C=O) groups is 1. The van der Waals surface area contributed by atoms with Crippen LogP contribution in [0.2, 0.25) is 0 Å². The first kappa shape index (κ1) is 22.7. The van der Waals surface area contributed by atoms with Crippen molar-refractivity contribution in [2.24, 2.45) is 0 Å². The fourth-order valence-electron chi connectivity index (χ4n) is 2.67. The maximum Gasteiger partial charge on any atom is 0.416 e. The number of carbonyl (C=O) groups excluding carboxylic acids is 1. The Balaban J connectivity index is 1.96. The molecule has 3 aromatic rings. The minimum absolute atomic E-state index is 0.00692. The highest BCUT2D eigenvalue weighted by molar-refractivity contribution is 8.00. The highest BCUT2D eigenvalue weighted by atomic mass is 32.2. The Morgan fingerprint density at radius 3 is 1.94 bits per heavy atom. The molecule has 3 nitrogen and oxygen atoms in total. The molecule has 1 aromatic heterocycles. The minimum atomic E-state index is -5.01. The maximum atomic E-state index is 13.1. The van der Waals surface area contributed by atoms with Gasteiger partial charge >= 0.3 is 12.4 Å². The predicted molar refractivity (Wildman–Crippen MR) is 104 cm³/mol. The summed E-state index contributed by atoms with van der Waals surface area (Å²) in [7, 11) is 0. The molecule has 0 radical (unpaired) electrons. The van der Waals surface area contributed by atoms with Gasteiger partial charge in [-0.2, -0.15) is 26.3 Å². The summed E-state index contributed by atoms with van der Waals surface area (Å²) in [5, 5.41) is 1.70. The molecule has 162 valence electrons. The molecule has 1 atom stereocenters. The fraction of sp³-hybridized carbons (Fsp3) is 0.143. The number of halogens is 6. The van der Waals surface area contributed by atoms with Crippen LogP contribution in [0.15, 0.2) is 78.0 Å². The van der Waals surface area contributed by atoms with Crippen molar-refractivity contribution in [1.82, 2.24) is 4.98 Å². The number of nitrogens with one attached hydrogen (secondary N) is 1. The second-order valence-electron chi connectivity index (χ2n) is 6.36. The second-order valence-corrected chi connectivity index (χ2v) is 7.49. The van der Waals surface area contributed by atoms with Gasteiger partial charge < -0.3 is 5.32 Å². The van der Waals surface area contributed by atoms with Gasteiger partial charge in [0.2, 0.25) is 5.91 Å². The summed E-state index contributed by atoms with van der Waals surface area (Å²) in [4.78, 5) is 17.0. The van der Waals surface area contributed by atoms with Gasteiger partial charge in [-0.1, -0.05) is 48.2 Å². The number of anilines is 1. The molecule has 1 heterocycles. The maximum absolute atomic E-state index is 13.1. The molecule has 0 aliphatic heterocycles. The zero-order chi connectivity index (χ0) is 22.6. The van der Waals surface area contributed by atoms with Gasteiger partial charge in [0.1, 0.15) is 5.25 Å². The van der Waals surface area contributed by atoms with Crippen molar-refractivity contribution in [3.8, 4) is 0 Å². The van der Waals surface area contributed by atoms with E-state index in [9.17, 15) is 31.1 Å². The predicted octanol–water partition coefficient (Wildman–Crippen LogP) is 6.59. The Bertz CT molecular complexity index is 1010. The van der Waals surface area contributed by atoms with Crippen molar-refractivity contribution in [2.75, 3.05) is 5.32 Å². The molecular formula is C21H14F6N2OS. The van der Waals surface area contributed by atoms with Crippen LogP contribution in [0.5, 0.6) is 0 Å². The Kier molecular flexibility index (Phi) is 6.59. The molecule has 0 aliphatic carbocycles. The van der Waals surface area contributed by atoms with E-state index in [0.29, 0.717) is 22.7 Å². The lowest BCUT2D eigenvalue weighted by molar-refractivity contribution is -0.143. The van der Waals surface area contributed by atoms with Crippen molar-refractivity contribution >= 4 is 23.4 Å². The standard InChI is InChI=1S/C21H14F6N2OS/c22-20(23,24)14-10-15(21(25,26)27)12-16(11-14)29-19(30)18(13-6-2-1-3-7-13)31-17-8-4-5-9-28-17/h1-12,18H,(H,29,30). The first-order valence-electron chi connectivity index (χ1n) is 8.77. The van der Waals surface area contributed by atoms with Crippen molar-refractivity contribution in [2.45, 2.75) is 22.6 Å². The summed E-state index contributed by atoms with van der Waals surface area (Å²) in [5.74, 6) is -0.783. The Labute approximate surface area is 177 Å². The molecule has 31 heavy (non-hydrogen) atoms. The van der Waals surface area contributed by atoms with E-state index >= 15 is 0 Å². The number of hydrogen-bond donors (Lipinski definition) is 1. The molecule has 0 spiro atoms. The third-order valence-corrected chi connectivity index (χ3v) is 5.28. The average molecular weight is 456 g/mol. The van der Waals surface area contributed by atoms with Gasteiger partial charge in [0.25, 0.3) is 0 Å². The van der Waals surface area contributed by atoms with Gasteiger partial charge in [0.15, 0.2) is 0 Å². The highest BCUT2D eigenvalue weighted by Gasteiger charge is 2.37. The van der Waals surface area contributed by atoms with E-state index in [0.717, 1.165) is 11.8 Å². The Morgan fingerprint density at radius 1 is 0.839 bits per heavy atom. The van der Waals surface area contributed by atoms with Crippen LogP contribution in [0.3, 0.4) is 0 Å². The lowest BCUT2D eigenvalue weighted by Gasteiger charge is -2.18. The summed E-state index contributed by atoms with van der Waals surface area (Å²) < 4.78 is 78.6. The molecule has 0 saturated heterocycles. The monoisotopic (exact) mass is 456 g/mol. The number of aromatic nitrogens is 1. The van der Waals surface area contributed by atoms with Crippen LogP contribution in [0.25, 0.3) is 0 Å². The SMILES string of the molecule is O=C(Nc1cc(C(F)(F)F)cc(C(F)(F)F)c1)C(Sc1ccccn1)c1ccccc1. The Morgan fingerprint density at radius 2 is 1.42 bits per heavy atom. The number of thioether (sulfide) groups is 1. The third-order valence-electron chi connectivity index (χ3n) is 4.07.